The minimum Gasteiger partial charge on any atom is -0.490 e. The number of rotatable bonds is 4. The molecule has 24 heavy (non-hydrogen) atoms. The number of ether oxygens (including phenoxy) is 1. The van der Waals surface area contributed by atoms with Crippen molar-refractivity contribution < 1.29 is 4.74 Å². The van der Waals surface area contributed by atoms with E-state index in [0.29, 0.717) is 6.10 Å². The van der Waals surface area contributed by atoms with E-state index in [0.717, 1.165) is 43.2 Å². The Morgan fingerprint density at radius 2 is 2.08 bits per heavy atom. The number of hydrogen-bond donors (Lipinski definition) is 0. The van der Waals surface area contributed by atoms with E-state index < -0.39 is 0 Å². The molecule has 1 fully saturated rings. The predicted octanol–water partition coefficient (Wildman–Crippen LogP) is 3.99. The van der Waals surface area contributed by atoms with E-state index in [1.807, 2.05) is 0 Å². The van der Waals surface area contributed by atoms with Gasteiger partial charge < -0.3 is 9.30 Å². The predicted molar refractivity (Wildman–Crippen MR) is 98.7 cm³/mol. The number of piperidine rings is 1. The van der Waals surface area contributed by atoms with Crippen LogP contribution >= 0.6 is 11.3 Å². The minimum absolute atomic E-state index is 0.309. The quantitative estimate of drug-likeness (QED) is 0.719. The first-order valence-electron chi connectivity index (χ1n) is 8.53. The van der Waals surface area contributed by atoms with E-state index in [4.69, 9.17) is 4.74 Å². The average molecular weight is 341 g/mol. The smallest absolute Gasteiger partial charge is 0.129 e. The van der Waals surface area contributed by atoms with Gasteiger partial charge in [0.25, 0.3) is 0 Å². The van der Waals surface area contributed by atoms with E-state index in [1.54, 1.807) is 11.3 Å². The molecule has 0 spiro atoms. The molecular formula is C19H23N3OS. The summed E-state index contributed by atoms with van der Waals surface area (Å²) in [5.41, 5.74) is 2.43. The number of hydrogen-bond acceptors (Lipinski definition) is 4. The van der Waals surface area contributed by atoms with Crippen LogP contribution in [0.2, 0.25) is 0 Å². The first kappa shape index (κ1) is 15.7. The number of benzene rings is 1. The highest BCUT2D eigenvalue weighted by Crippen LogP contribution is 2.29. The molecule has 0 amide bonds. The molecule has 3 aromatic rings. The molecule has 1 aliphatic rings. The Bertz CT molecular complexity index is 830. The zero-order valence-electron chi connectivity index (χ0n) is 14.2. The molecule has 0 aliphatic carbocycles. The maximum absolute atomic E-state index is 6.33. The Morgan fingerprint density at radius 1 is 1.25 bits per heavy atom. The van der Waals surface area contributed by atoms with Crippen LogP contribution in [0, 0.1) is 6.92 Å². The second-order valence-electron chi connectivity index (χ2n) is 6.57. The molecule has 0 N–H and O–H groups in total. The first-order chi connectivity index (χ1) is 11.7. The number of likely N-dealkylation sites (tertiary alicyclic amines) is 1. The van der Waals surface area contributed by atoms with Crippen LogP contribution in [0.1, 0.15) is 23.5 Å². The molecule has 0 unspecified atom stereocenters. The molecule has 5 heteroatoms. The van der Waals surface area contributed by atoms with Crippen LogP contribution in [0.15, 0.2) is 35.8 Å². The fourth-order valence-corrected chi connectivity index (χ4v) is 4.06. The highest BCUT2D eigenvalue weighted by atomic mass is 32.1. The van der Waals surface area contributed by atoms with Crippen LogP contribution in [0.5, 0.6) is 5.75 Å². The molecule has 0 atom stereocenters. The average Bonchev–Trinajstić information content (AvgIpc) is 3.16. The fraction of sp³-hybridized carbons (Fsp3) is 0.421. The second-order valence-corrected chi connectivity index (χ2v) is 7.63. The second kappa shape index (κ2) is 6.57. The lowest BCUT2D eigenvalue weighted by molar-refractivity contribution is 0.0974. The molecule has 1 saturated heterocycles. The molecule has 0 bridgehead atoms. The monoisotopic (exact) mass is 341 g/mol. The highest BCUT2D eigenvalue weighted by molar-refractivity contribution is 7.09. The largest absolute Gasteiger partial charge is 0.490 e. The number of aryl methyl sites for hydroxylation is 2. The van der Waals surface area contributed by atoms with Gasteiger partial charge in [-0.1, -0.05) is 6.07 Å². The van der Waals surface area contributed by atoms with E-state index in [2.05, 4.69) is 64.3 Å². The third-order valence-corrected chi connectivity index (χ3v) is 5.59. The van der Waals surface area contributed by atoms with Gasteiger partial charge in [0.1, 0.15) is 11.9 Å². The van der Waals surface area contributed by atoms with Gasteiger partial charge in [0.15, 0.2) is 0 Å². The maximum Gasteiger partial charge on any atom is 0.129 e. The van der Waals surface area contributed by atoms with Gasteiger partial charge in [-0.05, 0) is 38.0 Å². The van der Waals surface area contributed by atoms with E-state index in [1.165, 1.54) is 16.6 Å². The van der Waals surface area contributed by atoms with Crippen LogP contribution in [-0.2, 0) is 13.6 Å². The number of thiazole rings is 1. The standard InChI is InChI=1S/C19H23N3OS/c1-14-20-15(13-24-14)12-22-10-6-16(7-11-22)23-19-5-3-4-18-17(19)8-9-21(18)2/h3-5,8-9,13,16H,6-7,10-12H2,1-2H3. The molecule has 4 nitrogen and oxygen atoms in total. The Labute approximate surface area is 146 Å². The van der Waals surface area contributed by atoms with Gasteiger partial charge in [0.2, 0.25) is 0 Å². The Kier molecular flexibility index (Phi) is 4.29. The maximum atomic E-state index is 6.33. The topological polar surface area (TPSA) is 30.3 Å². The van der Waals surface area contributed by atoms with Crippen molar-refractivity contribution in [2.24, 2.45) is 7.05 Å². The van der Waals surface area contributed by atoms with Crippen LogP contribution in [0.4, 0.5) is 0 Å². The fourth-order valence-electron chi connectivity index (χ4n) is 3.45. The third kappa shape index (κ3) is 3.19. The lowest BCUT2D eigenvalue weighted by Gasteiger charge is -2.31. The van der Waals surface area contributed by atoms with Gasteiger partial charge in [-0.25, -0.2) is 4.98 Å². The van der Waals surface area contributed by atoms with E-state index in [9.17, 15) is 0 Å². The van der Waals surface area contributed by atoms with Gasteiger partial charge in [0.05, 0.1) is 16.2 Å². The third-order valence-electron chi connectivity index (χ3n) is 4.77. The van der Waals surface area contributed by atoms with Crippen molar-refractivity contribution in [2.45, 2.75) is 32.4 Å². The summed E-state index contributed by atoms with van der Waals surface area (Å²) in [5.74, 6) is 1.02. The first-order valence-corrected chi connectivity index (χ1v) is 9.41. The van der Waals surface area contributed by atoms with Gasteiger partial charge in [-0.2, -0.15) is 0 Å². The number of fused-ring (bicyclic) bond motifs is 1. The Hall–Kier alpha value is -1.85. The zero-order chi connectivity index (χ0) is 16.5. The molecule has 2 aromatic heterocycles. The zero-order valence-corrected chi connectivity index (χ0v) is 15.1. The number of aromatic nitrogens is 2. The Balaban J connectivity index is 1.37. The van der Waals surface area contributed by atoms with Crippen molar-refractivity contribution >= 4 is 22.2 Å². The van der Waals surface area contributed by atoms with Crippen molar-refractivity contribution in [2.75, 3.05) is 13.1 Å². The summed E-state index contributed by atoms with van der Waals surface area (Å²) in [6.45, 7) is 5.18. The van der Waals surface area contributed by atoms with Crippen molar-refractivity contribution in [3.8, 4) is 5.75 Å². The summed E-state index contributed by atoms with van der Waals surface area (Å²) in [4.78, 5) is 7.05. The summed E-state index contributed by atoms with van der Waals surface area (Å²) in [7, 11) is 2.07. The summed E-state index contributed by atoms with van der Waals surface area (Å²) in [6, 6.07) is 8.45. The molecule has 0 radical (unpaired) electrons. The summed E-state index contributed by atoms with van der Waals surface area (Å²) < 4.78 is 8.47. The van der Waals surface area contributed by atoms with Gasteiger partial charge in [0, 0.05) is 43.6 Å². The number of nitrogens with zero attached hydrogens (tertiary/aromatic N) is 3. The molecule has 3 heterocycles. The van der Waals surface area contributed by atoms with Crippen molar-refractivity contribution in [1.29, 1.82) is 0 Å². The van der Waals surface area contributed by atoms with Gasteiger partial charge >= 0.3 is 0 Å². The summed E-state index contributed by atoms with van der Waals surface area (Å²) >= 11 is 1.73. The molecule has 1 aliphatic heterocycles. The van der Waals surface area contributed by atoms with E-state index in [-0.39, 0.29) is 0 Å². The molecular weight excluding hydrogens is 318 g/mol. The van der Waals surface area contributed by atoms with Crippen LogP contribution in [0.3, 0.4) is 0 Å². The molecule has 4 rings (SSSR count). The van der Waals surface area contributed by atoms with Crippen molar-refractivity contribution in [3.63, 3.8) is 0 Å². The van der Waals surface area contributed by atoms with Crippen LogP contribution in [0.25, 0.3) is 10.9 Å². The van der Waals surface area contributed by atoms with Crippen LogP contribution < -0.4 is 4.74 Å². The highest BCUT2D eigenvalue weighted by Gasteiger charge is 2.22. The van der Waals surface area contributed by atoms with Gasteiger partial charge in [-0.3, -0.25) is 4.90 Å². The van der Waals surface area contributed by atoms with Crippen molar-refractivity contribution in [1.82, 2.24) is 14.5 Å². The molecule has 126 valence electrons. The van der Waals surface area contributed by atoms with Crippen molar-refractivity contribution in [3.05, 3.63) is 46.5 Å². The van der Waals surface area contributed by atoms with Gasteiger partial charge in [-0.15, -0.1) is 11.3 Å². The normalized spacial score (nSPS) is 16.8. The minimum atomic E-state index is 0.309. The lowest BCUT2D eigenvalue weighted by Crippen LogP contribution is -2.37. The van der Waals surface area contributed by atoms with E-state index >= 15 is 0 Å². The molecule has 0 saturated carbocycles. The Morgan fingerprint density at radius 3 is 2.83 bits per heavy atom. The lowest BCUT2D eigenvalue weighted by atomic mass is 10.1. The summed E-state index contributed by atoms with van der Waals surface area (Å²) in [5, 5.41) is 4.54. The molecule has 1 aromatic carbocycles. The van der Waals surface area contributed by atoms with Crippen LogP contribution in [-0.4, -0.2) is 33.6 Å². The SMILES string of the molecule is Cc1nc(CN2CCC(Oc3cccc4c3ccn4C)CC2)cs1. The summed E-state index contributed by atoms with van der Waals surface area (Å²) in [6.07, 6.45) is 4.55.